The van der Waals surface area contributed by atoms with Crippen molar-refractivity contribution in [3.8, 4) is 5.75 Å². The first-order chi connectivity index (χ1) is 16.0. The highest BCUT2D eigenvalue weighted by Crippen LogP contribution is 2.38. The maximum Gasteiger partial charge on any atom is 0.282 e. The van der Waals surface area contributed by atoms with Crippen molar-refractivity contribution in [2.75, 3.05) is 18.6 Å². The maximum atomic E-state index is 13.8. The van der Waals surface area contributed by atoms with E-state index in [1.807, 2.05) is 36.1 Å². The van der Waals surface area contributed by atoms with Crippen molar-refractivity contribution in [1.82, 2.24) is 4.90 Å². The van der Waals surface area contributed by atoms with Crippen LogP contribution in [0, 0.1) is 6.92 Å². The number of carbonyl (C=O) groups is 2. The number of fused-ring (bicyclic) bond motifs is 1. The Balaban J connectivity index is 1.63. The van der Waals surface area contributed by atoms with Gasteiger partial charge in [0, 0.05) is 18.1 Å². The Morgan fingerprint density at radius 1 is 0.909 bits per heavy atom. The highest BCUT2D eigenvalue weighted by molar-refractivity contribution is 6.45. The third kappa shape index (κ3) is 3.68. The molecule has 0 saturated carbocycles. The Labute approximate surface area is 197 Å². The first-order valence-electron chi connectivity index (χ1n) is 10.8. The number of carbonyl (C=O) groups excluding carboxylic acids is 2. The molecule has 0 N–H and O–H groups in total. The van der Waals surface area contributed by atoms with E-state index in [0.29, 0.717) is 46.4 Å². The summed E-state index contributed by atoms with van der Waals surface area (Å²) in [4.78, 5) is 30.9. The van der Waals surface area contributed by atoms with E-state index >= 15 is 0 Å². The fourth-order valence-corrected chi connectivity index (χ4v) is 4.83. The van der Waals surface area contributed by atoms with Crippen molar-refractivity contribution in [2.24, 2.45) is 0 Å². The van der Waals surface area contributed by atoms with Crippen LogP contribution < -0.4 is 9.64 Å². The Morgan fingerprint density at radius 2 is 1.64 bits per heavy atom. The normalized spacial score (nSPS) is 15.8. The number of hydrogen-bond acceptors (Lipinski definition) is 4. The van der Waals surface area contributed by atoms with Gasteiger partial charge >= 0.3 is 0 Å². The molecule has 0 saturated heterocycles. The third-order valence-electron chi connectivity index (χ3n) is 6.28. The van der Waals surface area contributed by atoms with Gasteiger partial charge in [0.05, 0.1) is 18.4 Å². The molecule has 3 aromatic rings. The van der Waals surface area contributed by atoms with Crippen molar-refractivity contribution in [2.45, 2.75) is 19.9 Å². The van der Waals surface area contributed by atoms with Crippen LogP contribution >= 0.6 is 11.6 Å². The predicted octanol–water partition coefficient (Wildman–Crippen LogP) is 5.00. The fourth-order valence-electron chi connectivity index (χ4n) is 4.60. The van der Waals surface area contributed by atoms with Gasteiger partial charge in [-0.3, -0.25) is 9.59 Å². The van der Waals surface area contributed by atoms with Crippen molar-refractivity contribution in [1.29, 1.82) is 0 Å². The average molecular weight is 459 g/mol. The van der Waals surface area contributed by atoms with E-state index in [1.165, 1.54) is 16.0 Å². The van der Waals surface area contributed by atoms with Gasteiger partial charge in [0.1, 0.15) is 11.4 Å². The summed E-state index contributed by atoms with van der Waals surface area (Å²) in [7, 11) is 1.60. The Hall–Kier alpha value is -3.57. The minimum atomic E-state index is -0.329. The maximum absolute atomic E-state index is 13.8. The lowest BCUT2D eigenvalue weighted by Crippen LogP contribution is -2.37. The van der Waals surface area contributed by atoms with Gasteiger partial charge in [0.15, 0.2) is 0 Å². The Bertz CT molecular complexity index is 1300. The zero-order chi connectivity index (χ0) is 23.1. The molecule has 166 valence electrons. The number of aryl methyl sites for hydroxylation is 1. The molecule has 0 aromatic heterocycles. The highest BCUT2D eigenvalue weighted by atomic mass is 35.5. The Kier molecular flexibility index (Phi) is 5.43. The van der Waals surface area contributed by atoms with E-state index in [9.17, 15) is 9.59 Å². The van der Waals surface area contributed by atoms with Gasteiger partial charge in [-0.05, 0) is 65.9 Å². The van der Waals surface area contributed by atoms with Crippen LogP contribution in [-0.4, -0.2) is 30.4 Å². The summed E-state index contributed by atoms with van der Waals surface area (Å²) >= 11 is 6.13. The molecule has 2 aliphatic rings. The van der Waals surface area contributed by atoms with Crippen LogP contribution in [0.1, 0.15) is 22.3 Å². The van der Waals surface area contributed by atoms with Crippen molar-refractivity contribution < 1.29 is 14.3 Å². The van der Waals surface area contributed by atoms with Gasteiger partial charge in [-0.1, -0.05) is 48.0 Å². The smallest absolute Gasteiger partial charge is 0.282 e. The van der Waals surface area contributed by atoms with Crippen molar-refractivity contribution in [3.63, 3.8) is 0 Å². The topological polar surface area (TPSA) is 49.9 Å². The van der Waals surface area contributed by atoms with Crippen molar-refractivity contribution in [3.05, 3.63) is 99.7 Å². The van der Waals surface area contributed by atoms with E-state index in [4.69, 9.17) is 16.3 Å². The zero-order valence-corrected chi connectivity index (χ0v) is 19.2. The number of nitrogens with zero attached hydrogens (tertiary/aromatic N) is 2. The number of methoxy groups -OCH3 is 1. The van der Waals surface area contributed by atoms with Crippen LogP contribution in [0.5, 0.6) is 5.75 Å². The van der Waals surface area contributed by atoms with Crippen LogP contribution in [0.4, 0.5) is 5.69 Å². The van der Waals surface area contributed by atoms with Crippen molar-refractivity contribution >= 4 is 34.7 Å². The van der Waals surface area contributed by atoms with Gasteiger partial charge in [-0.15, -0.1) is 0 Å². The lowest BCUT2D eigenvalue weighted by atomic mass is 9.98. The molecule has 5 rings (SSSR count). The number of anilines is 1. The molecule has 2 heterocycles. The van der Waals surface area contributed by atoms with E-state index in [0.717, 1.165) is 12.0 Å². The zero-order valence-electron chi connectivity index (χ0n) is 18.5. The first kappa shape index (κ1) is 21.3. The van der Waals surface area contributed by atoms with Crippen LogP contribution in [0.3, 0.4) is 0 Å². The molecular formula is C27H23ClN2O3. The van der Waals surface area contributed by atoms with Gasteiger partial charge in [0.2, 0.25) is 0 Å². The molecule has 0 spiro atoms. The second-order valence-corrected chi connectivity index (χ2v) is 8.71. The number of hydrogen-bond donors (Lipinski definition) is 0. The molecule has 0 radical (unpaired) electrons. The van der Waals surface area contributed by atoms with E-state index < -0.39 is 0 Å². The summed E-state index contributed by atoms with van der Waals surface area (Å²) in [5.41, 5.74) is 5.31. The molecule has 3 aromatic carbocycles. The molecule has 0 atom stereocenters. The van der Waals surface area contributed by atoms with Gasteiger partial charge in [-0.2, -0.15) is 0 Å². The summed E-state index contributed by atoms with van der Waals surface area (Å²) in [5.74, 6) is 0.0510. The number of imide groups is 1. The molecule has 2 aliphatic heterocycles. The minimum absolute atomic E-state index is 0.310. The van der Waals surface area contributed by atoms with Crippen LogP contribution in [-0.2, 0) is 22.6 Å². The lowest BCUT2D eigenvalue weighted by Gasteiger charge is -2.31. The summed E-state index contributed by atoms with van der Waals surface area (Å²) in [6, 6.07) is 20.7. The molecule has 0 fully saturated rings. The minimum Gasteiger partial charge on any atom is -0.497 e. The van der Waals surface area contributed by atoms with Crippen LogP contribution in [0.2, 0.25) is 5.02 Å². The van der Waals surface area contributed by atoms with Gasteiger partial charge in [0.25, 0.3) is 11.8 Å². The number of rotatable bonds is 4. The predicted molar refractivity (Wildman–Crippen MR) is 129 cm³/mol. The Morgan fingerprint density at radius 3 is 2.33 bits per heavy atom. The number of benzene rings is 3. The molecule has 0 aliphatic carbocycles. The fraction of sp³-hybridized carbons (Fsp3) is 0.185. The molecule has 0 bridgehead atoms. The molecule has 0 unspecified atom stereocenters. The van der Waals surface area contributed by atoms with E-state index in [2.05, 4.69) is 12.1 Å². The van der Waals surface area contributed by atoms with Gasteiger partial charge < -0.3 is 9.64 Å². The molecule has 5 nitrogen and oxygen atoms in total. The molecule has 33 heavy (non-hydrogen) atoms. The summed E-state index contributed by atoms with van der Waals surface area (Å²) in [6.07, 6.45) is 0.816. The number of halogens is 1. The van der Waals surface area contributed by atoms with E-state index in [1.54, 1.807) is 37.4 Å². The van der Waals surface area contributed by atoms with Crippen LogP contribution in [0.15, 0.2) is 72.4 Å². The molecule has 6 heteroatoms. The SMILES string of the molecule is COc1ccc(C2=C(N3CCc4ccccc4C3)C(=O)N(c3ccc(Cl)cc3C)C2=O)cc1. The number of amides is 2. The summed E-state index contributed by atoms with van der Waals surface area (Å²) in [5, 5.41) is 0.562. The van der Waals surface area contributed by atoms with E-state index in [-0.39, 0.29) is 11.8 Å². The highest BCUT2D eigenvalue weighted by Gasteiger charge is 2.43. The van der Waals surface area contributed by atoms with Gasteiger partial charge in [-0.25, -0.2) is 4.90 Å². The first-order valence-corrected chi connectivity index (χ1v) is 11.2. The lowest BCUT2D eigenvalue weighted by molar-refractivity contribution is -0.120. The summed E-state index contributed by atoms with van der Waals surface area (Å²) in [6.45, 7) is 3.10. The largest absolute Gasteiger partial charge is 0.497 e. The average Bonchev–Trinajstić information content (AvgIpc) is 3.09. The van der Waals surface area contributed by atoms with Crippen LogP contribution in [0.25, 0.3) is 5.57 Å². The quantitative estimate of drug-likeness (QED) is 0.516. The number of ether oxygens (including phenoxy) is 1. The summed E-state index contributed by atoms with van der Waals surface area (Å²) < 4.78 is 5.28. The standard InChI is InChI=1S/C27H23ClN2O3/c1-17-15-21(28)9-12-23(17)30-26(31)24(19-7-10-22(33-2)11-8-19)25(27(30)32)29-14-13-18-5-3-4-6-20(18)16-29/h3-12,15H,13-14,16H2,1-2H3. The molecule has 2 amide bonds. The second-order valence-electron chi connectivity index (χ2n) is 8.27. The monoisotopic (exact) mass is 458 g/mol. The second kappa shape index (κ2) is 8.41. The third-order valence-corrected chi connectivity index (χ3v) is 6.52. The molecular weight excluding hydrogens is 436 g/mol.